The van der Waals surface area contributed by atoms with Gasteiger partial charge in [0.15, 0.2) is 0 Å². The molecule has 0 N–H and O–H groups in total. The molecule has 1 rings (SSSR count). The van der Waals surface area contributed by atoms with E-state index < -0.39 is 0 Å². The Morgan fingerprint density at radius 1 is 1.43 bits per heavy atom. The highest BCUT2D eigenvalue weighted by atomic mass is 16.3. The molecule has 1 heterocycles. The largest absolute Gasteiger partial charge is 0.466 e. The molecule has 0 saturated heterocycles. The zero-order chi connectivity index (χ0) is 10.7. The number of furan rings is 1. The molecule has 3 heteroatoms. The predicted molar refractivity (Wildman–Crippen MR) is 55.9 cm³/mol. The molecule has 0 aliphatic heterocycles. The van der Waals surface area contributed by atoms with E-state index in [4.69, 9.17) is 4.42 Å². The van der Waals surface area contributed by atoms with Gasteiger partial charge in [0.05, 0.1) is 0 Å². The maximum Gasteiger partial charge on any atom is 0.246 e. The van der Waals surface area contributed by atoms with E-state index in [1.165, 1.54) is 11.0 Å². The van der Waals surface area contributed by atoms with Gasteiger partial charge in [-0.25, -0.2) is 0 Å². The molecule has 0 unspecified atom stereocenters. The van der Waals surface area contributed by atoms with Crippen LogP contribution in [-0.4, -0.2) is 24.9 Å². The van der Waals surface area contributed by atoms with Crippen LogP contribution in [0.5, 0.6) is 0 Å². The third-order valence-electron chi connectivity index (χ3n) is 1.93. The Balaban J connectivity index is 2.78. The summed E-state index contributed by atoms with van der Waals surface area (Å²) in [7, 11) is 3.44. The molecule has 76 valence electrons. The van der Waals surface area contributed by atoms with Crippen LogP contribution in [0.4, 0.5) is 0 Å². The third-order valence-corrected chi connectivity index (χ3v) is 1.93. The van der Waals surface area contributed by atoms with Gasteiger partial charge in [-0.3, -0.25) is 4.79 Å². The summed E-state index contributed by atoms with van der Waals surface area (Å²) < 4.78 is 5.33. The highest BCUT2D eigenvalue weighted by Crippen LogP contribution is 2.14. The van der Waals surface area contributed by atoms with Crippen molar-refractivity contribution in [3.63, 3.8) is 0 Å². The smallest absolute Gasteiger partial charge is 0.246 e. The molecule has 0 aliphatic rings. The molecule has 1 aromatic rings. The van der Waals surface area contributed by atoms with E-state index in [0.29, 0.717) is 0 Å². The second kappa shape index (κ2) is 4.13. The van der Waals surface area contributed by atoms with Crippen molar-refractivity contribution in [3.8, 4) is 0 Å². The van der Waals surface area contributed by atoms with Gasteiger partial charge in [-0.05, 0) is 26.0 Å². The van der Waals surface area contributed by atoms with Gasteiger partial charge in [0.2, 0.25) is 5.91 Å². The van der Waals surface area contributed by atoms with Gasteiger partial charge in [-0.15, -0.1) is 0 Å². The zero-order valence-corrected chi connectivity index (χ0v) is 9.00. The molecule has 0 spiro atoms. The van der Waals surface area contributed by atoms with Crippen LogP contribution in [0.15, 0.2) is 16.6 Å². The average Bonchev–Trinajstić information content (AvgIpc) is 2.40. The molecular weight excluding hydrogens is 178 g/mol. The number of hydrogen-bond acceptors (Lipinski definition) is 2. The third kappa shape index (κ3) is 2.49. The van der Waals surface area contributed by atoms with E-state index in [-0.39, 0.29) is 5.91 Å². The second-order valence-corrected chi connectivity index (χ2v) is 3.43. The van der Waals surface area contributed by atoms with Gasteiger partial charge in [-0.1, -0.05) is 0 Å². The Labute approximate surface area is 84.0 Å². The van der Waals surface area contributed by atoms with Gasteiger partial charge in [0.25, 0.3) is 0 Å². The molecule has 0 fully saturated rings. The molecule has 14 heavy (non-hydrogen) atoms. The SMILES string of the molecule is Cc1cc(C=CC(=O)N(C)C)c(C)o1. The fourth-order valence-electron chi connectivity index (χ4n) is 1.13. The highest BCUT2D eigenvalue weighted by molar-refractivity contribution is 5.91. The van der Waals surface area contributed by atoms with E-state index in [0.717, 1.165) is 17.1 Å². The number of carbonyl (C=O) groups is 1. The van der Waals surface area contributed by atoms with Gasteiger partial charge in [-0.2, -0.15) is 0 Å². The van der Waals surface area contributed by atoms with Gasteiger partial charge < -0.3 is 9.32 Å². The minimum absolute atomic E-state index is 0.0248. The Bertz CT molecular complexity index is 361. The van der Waals surface area contributed by atoms with Crippen LogP contribution in [0, 0.1) is 13.8 Å². The van der Waals surface area contributed by atoms with Gasteiger partial charge in [0.1, 0.15) is 11.5 Å². The Kier molecular flexibility index (Phi) is 3.12. The van der Waals surface area contributed by atoms with Crippen LogP contribution in [0.1, 0.15) is 17.1 Å². The highest BCUT2D eigenvalue weighted by Gasteiger charge is 2.02. The van der Waals surface area contributed by atoms with Crippen LogP contribution >= 0.6 is 0 Å². The number of rotatable bonds is 2. The van der Waals surface area contributed by atoms with E-state index in [1.807, 2.05) is 19.9 Å². The number of likely N-dealkylation sites (N-methyl/N-ethyl adjacent to an activating group) is 1. The Hall–Kier alpha value is -1.51. The van der Waals surface area contributed by atoms with Crippen molar-refractivity contribution in [2.45, 2.75) is 13.8 Å². The van der Waals surface area contributed by atoms with Crippen molar-refractivity contribution in [1.29, 1.82) is 0 Å². The lowest BCUT2D eigenvalue weighted by Gasteiger charge is -2.04. The van der Waals surface area contributed by atoms with Crippen LogP contribution < -0.4 is 0 Å². The molecule has 1 amide bonds. The maximum atomic E-state index is 11.2. The lowest BCUT2D eigenvalue weighted by molar-refractivity contribution is -0.123. The molecule has 0 aromatic carbocycles. The Morgan fingerprint density at radius 2 is 2.07 bits per heavy atom. The normalized spacial score (nSPS) is 10.9. The lowest BCUT2D eigenvalue weighted by atomic mass is 10.2. The fourth-order valence-corrected chi connectivity index (χ4v) is 1.13. The van der Waals surface area contributed by atoms with E-state index >= 15 is 0 Å². The standard InChI is InChI=1S/C11H15NO2/c1-8-7-10(9(2)14-8)5-6-11(13)12(3)4/h5-7H,1-4H3. The number of amides is 1. The molecular formula is C11H15NO2. The molecule has 0 saturated carbocycles. The van der Waals surface area contributed by atoms with Gasteiger partial charge >= 0.3 is 0 Å². The summed E-state index contributed by atoms with van der Waals surface area (Å²) in [4.78, 5) is 12.8. The summed E-state index contributed by atoms with van der Waals surface area (Å²) in [5.74, 6) is 1.67. The van der Waals surface area contributed by atoms with Crippen molar-refractivity contribution in [2.75, 3.05) is 14.1 Å². The first kappa shape index (κ1) is 10.6. The van der Waals surface area contributed by atoms with Crippen molar-refractivity contribution < 1.29 is 9.21 Å². The monoisotopic (exact) mass is 193 g/mol. The van der Waals surface area contributed by atoms with Crippen molar-refractivity contribution in [2.24, 2.45) is 0 Å². The van der Waals surface area contributed by atoms with Crippen LogP contribution in [-0.2, 0) is 4.79 Å². The van der Waals surface area contributed by atoms with Crippen LogP contribution in [0.3, 0.4) is 0 Å². The zero-order valence-electron chi connectivity index (χ0n) is 9.00. The quantitative estimate of drug-likeness (QED) is 0.673. The van der Waals surface area contributed by atoms with E-state index in [9.17, 15) is 4.79 Å². The molecule has 0 bridgehead atoms. The summed E-state index contributed by atoms with van der Waals surface area (Å²) in [6, 6.07) is 1.91. The summed E-state index contributed by atoms with van der Waals surface area (Å²) in [5.41, 5.74) is 0.956. The summed E-state index contributed by atoms with van der Waals surface area (Å²) in [6.45, 7) is 3.77. The van der Waals surface area contributed by atoms with Crippen molar-refractivity contribution in [1.82, 2.24) is 4.90 Å². The topological polar surface area (TPSA) is 33.5 Å². The molecule has 3 nitrogen and oxygen atoms in total. The van der Waals surface area contributed by atoms with Crippen molar-refractivity contribution in [3.05, 3.63) is 29.2 Å². The summed E-state index contributed by atoms with van der Waals surface area (Å²) in [5, 5.41) is 0. The molecule has 0 atom stereocenters. The lowest BCUT2D eigenvalue weighted by Crippen LogP contribution is -2.18. The fraction of sp³-hybridized carbons (Fsp3) is 0.364. The average molecular weight is 193 g/mol. The minimum Gasteiger partial charge on any atom is -0.466 e. The molecule has 0 aliphatic carbocycles. The summed E-state index contributed by atoms with van der Waals surface area (Å²) in [6.07, 6.45) is 3.31. The summed E-state index contributed by atoms with van der Waals surface area (Å²) >= 11 is 0. The molecule has 0 radical (unpaired) electrons. The first-order valence-electron chi connectivity index (χ1n) is 4.47. The number of aryl methyl sites for hydroxylation is 2. The van der Waals surface area contributed by atoms with Crippen LogP contribution in [0.2, 0.25) is 0 Å². The maximum absolute atomic E-state index is 11.2. The number of hydrogen-bond donors (Lipinski definition) is 0. The first-order valence-corrected chi connectivity index (χ1v) is 4.47. The van der Waals surface area contributed by atoms with Crippen molar-refractivity contribution >= 4 is 12.0 Å². The van der Waals surface area contributed by atoms with Gasteiger partial charge in [0, 0.05) is 25.7 Å². The minimum atomic E-state index is -0.0248. The Morgan fingerprint density at radius 3 is 2.50 bits per heavy atom. The van der Waals surface area contributed by atoms with Crippen LogP contribution in [0.25, 0.3) is 6.08 Å². The number of carbonyl (C=O) groups excluding carboxylic acids is 1. The second-order valence-electron chi connectivity index (χ2n) is 3.43. The number of nitrogens with zero attached hydrogens (tertiary/aromatic N) is 1. The van der Waals surface area contributed by atoms with E-state index in [2.05, 4.69) is 0 Å². The molecule has 1 aromatic heterocycles. The predicted octanol–water partition coefficient (Wildman–Crippen LogP) is 2.00. The first-order chi connectivity index (χ1) is 6.50. The van der Waals surface area contributed by atoms with E-state index in [1.54, 1.807) is 20.2 Å².